The number of amides is 8. The number of aliphatic carboxylic acids is 1. The first kappa shape index (κ1) is 60.5. The molecule has 0 radical (unpaired) electrons. The van der Waals surface area contributed by atoms with Gasteiger partial charge in [-0.15, -0.1) is 0 Å². The molecule has 4 atom stereocenters. The molecule has 5 heterocycles. The van der Waals surface area contributed by atoms with Crippen molar-refractivity contribution < 1.29 is 66.9 Å². The minimum absolute atomic E-state index is 0.0181. The lowest BCUT2D eigenvalue weighted by molar-refractivity contribution is -0.148. The number of benzene rings is 2. The summed E-state index contributed by atoms with van der Waals surface area (Å²) in [6.07, 6.45) is 2.25. The molecule has 0 fully saturated rings. The molecule has 0 saturated heterocycles. The number of pyridine rings is 2. The van der Waals surface area contributed by atoms with Crippen molar-refractivity contribution in [2.45, 2.75) is 97.6 Å². The molecule has 8 amide bonds. The molecular formula is C55H65FN10O14. The second-order valence-electron chi connectivity index (χ2n) is 18.8. The summed E-state index contributed by atoms with van der Waals surface area (Å²) in [4.78, 5) is 145. The van der Waals surface area contributed by atoms with Crippen LogP contribution in [0.1, 0.15) is 91.4 Å². The van der Waals surface area contributed by atoms with E-state index in [4.69, 9.17) is 19.6 Å². The van der Waals surface area contributed by atoms with E-state index in [1.807, 2.05) is 26.8 Å². The Bertz CT molecular complexity index is 3180. The van der Waals surface area contributed by atoms with Gasteiger partial charge in [-0.2, -0.15) is 0 Å². The molecule has 1 aliphatic carbocycles. The van der Waals surface area contributed by atoms with Gasteiger partial charge in [-0.05, 0) is 74.0 Å². The van der Waals surface area contributed by atoms with E-state index in [1.54, 1.807) is 60.8 Å². The van der Waals surface area contributed by atoms with Crippen LogP contribution >= 0.6 is 0 Å². The number of cyclic esters (lactones) is 1. The number of nitrogens with zero attached hydrogens (tertiary/aromatic N) is 4. The smallest absolute Gasteiger partial charge is 0.317 e. The lowest BCUT2D eigenvalue weighted by Gasteiger charge is -2.36. The third-order valence-electron chi connectivity index (χ3n) is 13.7. The first-order valence-electron chi connectivity index (χ1n) is 26.0. The Hall–Kier alpha value is -8.71. The Morgan fingerprint density at radius 1 is 0.875 bits per heavy atom. The van der Waals surface area contributed by atoms with Gasteiger partial charge in [-0.25, -0.2) is 9.37 Å². The molecule has 2 aromatic heterocycles. The summed E-state index contributed by atoms with van der Waals surface area (Å²) in [5.74, 6) is -7.75. The van der Waals surface area contributed by atoms with Gasteiger partial charge >= 0.3 is 11.9 Å². The number of nitrogens with one attached hydrogen (secondary N) is 6. The number of aryl methyl sites for hydroxylation is 1. The second-order valence-corrected chi connectivity index (χ2v) is 18.8. The summed E-state index contributed by atoms with van der Waals surface area (Å²) >= 11 is 0. The van der Waals surface area contributed by atoms with Gasteiger partial charge in [0.15, 0.2) is 0 Å². The van der Waals surface area contributed by atoms with Gasteiger partial charge in [0, 0.05) is 42.6 Å². The van der Waals surface area contributed by atoms with Crippen molar-refractivity contribution in [1.82, 2.24) is 51.3 Å². The van der Waals surface area contributed by atoms with Crippen LogP contribution in [0.5, 0.6) is 0 Å². The largest absolute Gasteiger partial charge is 0.480 e. The van der Waals surface area contributed by atoms with E-state index in [0.717, 1.165) is 23.3 Å². The molecule has 4 unspecified atom stereocenters. The van der Waals surface area contributed by atoms with Crippen LogP contribution in [0.4, 0.5) is 4.39 Å². The molecule has 0 bridgehead atoms. The zero-order chi connectivity index (χ0) is 58.5. The Morgan fingerprint density at radius 3 is 2.17 bits per heavy atom. The lowest BCUT2D eigenvalue weighted by atomic mass is 9.81. The highest BCUT2D eigenvalue weighted by atomic mass is 19.1. The molecule has 0 saturated carbocycles. The standard InChI is InChI=1S/C50H52FN9O12.C3H7NO2.C2H6/c1-5-28-30-16-37-46-31(21-59(37)49(69)32(30)23-71-50(28)70)45-36(12-11-29-25(2)33(51)17-34(57-46)44(29)45)58(4)48(68)26(3)72-24-55-39(62)19-54-47(67)35(15-27-9-7-6-8-10-27)56-40(63)20-52-38(61)18-53-41(64)22-60-42(65)13-14-43(60)66;1-4-2-3(5)6;1-2/h6-10,13-14,16-17,26,28,35-36H,5,11-12,15,18-24H2,1-4H3,(H,52,61)(H,53,64)(H,54,67)(H,55,62)(H,56,63);4H,2H2,1H3,(H,5,6);1-2H3. The molecule has 8 rings (SSSR count). The molecule has 7 N–H and O–H groups in total. The van der Waals surface area contributed by atoms with Crippen molar-refractivity contribution in [2.75, 3.05) is 53.5 Å². The number of carbonyl (C=O) groups is 10. The number of carboxylic acids is 1. The monoisotopic (exact) mass is 1110 g/mol. The van der Waals surface area contributed by atoms with Crippen molar-refractivity contribution >= 4 is 70.1 Å². The fourth-order valence-electron chi connectivity index (χ4n) is 9.71. The summed E-state index contributed by atoms with van der Waals surface area (Å²) in [5, 5.41) is 23.1. The summed E-state index contributed by atoms with van der Waals surface area (Å²) in [6, 6.07) is 10.1. The molecule has 4 aliphatic rings. The summed E-state index contributed by atoms with van der Waals surface area (Å²) in [7, 11) is 3.22. The minimum atomic E-state index is -1.19. The van der Waals surface area contributed by atoms with Crippen LogP contribution in [0.25, 0.3) is 22.3 Å². The van der Waals surface area contributed by atoms with E-state index < -0.39 is 122 Å². The van der Waals surface area contributed by atoms with Gasteiger partial charge in [0.1, 0.15) is 37.8 Å². The van der Waals surface area contributed by atoms with E-state index in [2.05, 4.69) is 31.9 Å². The van der Waals surface area contributed by atoms with Crippen LogP contribution in [0.15, 0.2) is 59.4 Å². The number of aromatic nitrogens is 2. The van der Waals surface area contributed by atoms with Crippen molar-refractivity contribution in [3.05, 3.63) is 110 Å². The number of esters is 1. The van der Waals surface area contributed by atoms with E-state index in [0.29, 0.717) is 74.3 Å². The average molecular weight is 1110 g/mol. The van der Waals surface area contributed by atoms with E-state index in [9.17, 15) is 52.7 Å². The molecule has 24 nitrogen and oxygen atoms in total. The van der Waals surface area contributed by atoms with Crippen LogP contribution in [-0.4, -0.2) is 149 Å². The normalized spacial score (nSPS) is 16.0. The van der Waals surface area contributed by atoms with Crippen LogP contribution in [0.3, 0.4) is 0 Å². The fraction of sp³-hybridized carbons (Fsp3) is 0.418. The Kier molecular flexibility index (Phi) is 20.6. The zero-order valence-electron chi connectivity index (χ0n) is 45.4. The van der Waals surface area contributed by atoms with E-state index in [-0.39, 0.29) is 31.7 Å². The number of ether oxygens (including phenoxy) is 2. The average Bonchev–Trinajstić information content (AvgIpc) is 4.09. The first-order chi connectivity index (χ1) is 38.2. The van der Waals surface area contributed by atoms with Gasteiger partial charge in [0.05, 0.1) is 67.2 Å². The highest BCUT2D eigenvalue weighted by Gasteiger charge is 2.40. The molecule has 426 valence electrons. The fourth-order valence-corrected chi connectivity index (χ4v) is 9.71. The third-order valence-corrected chi connectivity index (χ3v) is 13.7. The number of fused-ring (bicyclic) bond motifs is 5. The van der Waals surface area contributed by atoms with Crippen molar-refractivity contribution in [3.63, 3.8) is 0 Å². The number of likely N-dealkylation sites (N-methyl/N-ethyl adjacent to an activating group) is 2. The molecule has 4 aromatic rings. The van der Waals surface area contributed by atoms with Gasteiger partial charge in [-0.1, -0.05) is 51.1 Å². The number of rotatable bonds is 20. The number of imide groups is 1. The molecular weight excluding hydrogens is 1040 g/mol. The molecule has 3 aliphatic heterocycles. The molecule has 0 spiro atoms. The van der Waals surface area contributed by atoms with Crippen molar-refractivity contribution in [1.29, 1.82) is 0 Å². The van der Waals surface area contributed by atoms with Crippen LogP contribution in [0.2, 0.25) is 0 Å². The van der Waals surface area contributed by atoms with Crippen molar-refractivity contribution in [3.8, 4) is 11.4 Å². The quantitative estimate of drug-likeness (QED) is 0.0320. The van der Waals surface area contributed by atoms with Crippen LogP contribution < -0.4 is 37.5 Å². The Balaban J connectivity index is 0.00000121. The van der Waals surface area contributed by atoms with Gasteiger partial charge in [0.25, 0.3) is 23.3 Å². The van der Waals surface area contributed by atoms with Crippen LogP contribution in [-0.2, 0) is 83.4 Å². The molecule has 80 heavy (non-hydrogen) atoms. The molecule has 25 heteroatoms. The van der Waals surface area contributed by atoms with Crippen LogP contribution in [0, 0.1) is 12.7 Å². The third kappa shape index (κ3) is 13.9. The predicted octanol–water partition coefficient (Wildman–Crippen LogP) is 0.665. The predicted molar refractivity (Wildman–Crippen MR) is 285 cm³/mol. The number of carboxylic acid groups (broad SMARTS) is 1. The van der Waals surface area contributed by atoms with Gasteiger partial charge < -0.3 is 55.9 Å². The van der Waals surface area contributed by atoms with E-state index >= 15 is 4.39 Å². The number of halogens is 1. The van der Waals surface area contributed by atoms with Gasteiger partial charge in [-0.3, -0.25) is 57.6 Å². The summed E-state index contributed by atoms with van der Waals surface area (Å²) in [6.45, 7) is 6.42. The maximum Gasteiger partial charge on any atom is 0.317 e. The Morgan fingerprint density at radius 2 is 1.52 bits per heavy atom. The van der Waals surface area contributed by atoms with Gasteiger partial charge in [0.2, 0.25) is 29.5 Å². The zero-order valence-corrected chi connectivity index (χ0v) is 45.4. The Labute approximate surface area is 459 Å². The molecule has 2 aromatic carbocycles. The minimum Gasteiger partial charge on any atom is -0.480 e. The number of hydrogen-bond acceptors (Lipinski definition) is 15. The van der Waals surface area contributed by atoms with Crippen molar-refractivity contribution in [2.24, 2.45) is 0 Å². The maximum absolute atomic E-state index is 15.5. The topological polar surface area (TPSA) is 323 Å². The highest BCUT2D eigenvalue weighted by Crippen LogP contribution is 2.47. The number of carbonyl (C=O) groups excluding carboxylic acids is 9. The SMILES string of the molecule is CC.CCC1C(=O)OCc2c1cc1n(c2=O)Cc2c-1nc1cc(F)c(C)c3c1c2C(N(C)C(=O)C(C)OCNC(=O)CNC(=O)C(Cc1ccccc1)NC(=O)CNC(=O)CNC(=O)CN1C(=O)C=CC1=O)CC3.CNCC(=O)O. The maximum atomic E-state index is 15.5. The summed E-state index contributed by atoms with van der Waals surface area (Å²) in [5.41, 5.74) is 5.39. The highest BCUT2D eigenvalue weighted by molar-refractivity contribution is 6.14. The number of hydrogen-bond donors (Lipinski definition) is 7. The summed E-state index contributed by atoms with van der Waals surface area (Å²) < 4.78 is 28.2. The lowest BCUT2D eigenvalue weighted by Crippen LogP contribution is -2.52. The second kappa shape index (κ2) is 27.2. The first-order valence-corrected chi connectivity index (χ1v) is 26.0. The van der Waals surface area contributed by atoms with E-state index in [1.165, 1.54) is 13.0 Å².